The highest BCUT2D eigenvalue weighted by atomic mass is 16.5. The Hall–Kier alpha value is -0.870. The molecule has 0 radical (unpaired) electrons. The quantitative estimate of drug-likeness (QED) is 0.508. The zero-order valence-electron chi connectivity index (χ0n) is 15.4. The standard InChI is InChI=1S/C19H35N2O2/c1-5-6-11-22-14-20-9-10-21(13-20)15-23-19-12-17(4)7-8-18(19)16(2)3/h9-10,13,16-19H,5-8,11-12,14-15H2,1-4H3/q+1/t17-,18+,19-/m1/s1. The maximum atomic E-state index is 6.28. The minimum atomic E-state index is 0.399. The van der Waals surface area contributed by atoms with Crippen molar-refractivity contribution in [3.8, 4) is 0 Å². The molecule has 1 saturated carbocycles. The summed E-state index contributed by atoms with van der Waals surface area (Å²) in [4.78, 5) is 0. The molecule has 0 N–H and O–H groups in total. The maximum Gasteiger partial charge on any atom is 0.247 e. The summed E-state index contributed by atoms with van der Waals surface area (Å²) in [5, 5.41) is 0. The van der Waals surface area contributed by atoms with Gasteiger partial charge in [0.2, 0.25) is 6.33 Å². The van der Waals surface area contributed by atoms with Gasteiger partial charge >= 0.3 is 0 Å². The van der Waals surface area contributed by atoms with E-state index in [-0.39, 0.29) is 0 Å². The predicted octanol–water partition coefficient (Wildman–Crippen LogP) is 3.98. The van der Waals surface area contributed by atoms with Crippen molar-refractivity contribution < 1.29 is 14.0 Å². The van der Waals surface area contributed by atoms with Crippen LogP contribution in [0.5, 0.6) is 0 Å². The van der Waals surface area contributed by atoms with Gasteiger partial charge in [0.25, 0.3) is 0 Å². The van der Waals surface area contributed by atoms with Gasteiger partial charge in [-0.05, 0) is 37.0 Å². The Labute approximate surface area is 141 Å². The van der Waals surface area contributed by atoms with Crippen molar-refractivity contribution in [2.75, 3.05) is 6.61 Å². The first-order valence-electron chi connectivity index (χ1n) is 9.34. The number of hydrogen-bond acceptors (Lipinski definition) is 2. The molecule has 0 bridgehead atoms. The molecule has 0 amide bonds. The zero-order chi connectivity index (χ0) is 16.7. The zero-order valence-corrected chi connectivity index (χ0v) is 15.4. The molecule has 132 valence electrons. The molecule has 0 saturated heterocycles. The Morgan fingerprint density at radius 3 is 2.87 bits per heavy atom. The van der Waals surface area contributed by atoms with Crippen LogP contribution in [-0.4, -0.2) is 17.3 Å². The Balaban J connectivity index is 1.79. The van der Waals surface area contributed by atoms with Crippen LogP contribution in [0.15, 0.2) is 18.7 Å². The molecule has 1 aliphatic rings. The Bertz CT molecular complexity index is 444. The molecule has 1 heterocycles. The average molecular weight is 324 g/mol. The lowest BCUT2D eigenvalue weighted by atomic mass is 9.75. The number of hydrogen-bond donors (Lipinski definition) is 0. The Morgan fingerprint density at radius 2 is 2.13 bits per heavy atom. The fourth-order valence-electron chi connectivity index (χ4n) is 3.50. The van der Waals surface area contributed by atoms with Crippen LogP contribution in [-0.2, 0) is 22.9 Å². The van der Waals surface area contributed by atoms with E-state index in [0.29, 0.717) is 31.4 Å². The highest BCUT2D eigenvalue weighted by molar-refractivity contribution is 4.81. The first-order chi connectivity index (χ1) is 11.1. The number of nitrogens with zero attached hydrogens (tertiary/aromatic N) is 2. The van der Waals surface area contributed by atoms with Crippen LogP contribution in [0.25, 0.3) is 0 Å². The van der Waals surface area contributed by atoms with Gasteiger partial charge in [-0.1, -0.05) is 40.5 Å². The van der Waals surface area contributed by atoms with Crippen LogP contribution in [0.1, 0.15) is 59.8 Å². The van der Waals surface area contributed by atoms with Gasteiger partial charge in [-0.15, -0.1) is 0 Å². The Kier molecular flexibility index (Phi) is 7.57. The van der Waals surface area contributed by atoms with Crippen molar-refractivity contribution in [1.29, 1.82) is 0 Å². The second-order valence-corrected chi connectivity index (χ2v) is 7.49. The van der Waals surface area contributed by atoms with Gasteiger partial charge in [0.05, 0.1) is 12.7 Å². The third-order valence-electron chi connectivity index (χ3n) is 5.03. The molecule has 4 heteroatoms. The second-order valence-electron chi connectivity index (χ2n) is 7.49. The van der Waals surface area contributed by atoms with Crippen molar-refractivity contribution in [2.45, 2.75) is 79.4 Å². The van der Waals surface area contributed by atoms with Gasteiger partial charge < -0.3 is 9.47 Å². The third kappa shape index (κ3) is 5.92. The molecule has 4 nitrogen and oxygen atoms in total. The van der Waals surface area contributed by atoms with Crippen LogP contribution in [0.3, 0.4) is 0 Å². The van der Waals surface area contributed by atoms with E-state index in [0.717, 1.165) is 18.9 Å². The molecule has 1 aliphatic carbocycles. The summed E-state index contributed by atoms with van der Waals surface area (Å²) in [7, 11) is 0. The van der Waals surface area contributed by atoms with Gasteiger partial charge in [0, 0.05) is 0 Å². The van der Waals surface area contributed by atoms with Crippen LogP contribution in [0.4, 0.5) is 0 Å². The van der Waals surface area contributed by atoms with Gasteiger partial charge in [-0.2, -0.15) is 0 Å². The minimum absolute atomic E-state index is 0.399. The summed E-state index contributed by atoms with van der Waals surface area (Å²) in [6.45, 7) is 11.3. The lowest BCUT2D eigenvalue weighted by molar-refractivity contribution is -0.732. The molecule has 0 unspecified atom stereocenters. The van der Waals surface area contributed by atoms with Gasteiger partial charge in [-0.3, -0.25) is 0 Å². The van der Waals surface area contributed by atoms with Crippen molar-refractivity contribution in [3.63, 3.8) is 0 Å². The lowest BCUT2D eigenvalue weighted by Crippen LogP contribution is -2.35. The number of aromatic nitrogens is 2. The molecule has 1 fully saturated rings. The van der Waals surface area contributed by atoms with E-state index >= 15 is 0 Å². The van der Waals surface area contributed by atoms with E-state index in [9.17, 15) is 0 Å². The highest BCUT2D eigenvalue weighted by Gasteiger charge is 2.31. The summed E-state index contributed by atoms with van der Waals surface area (Å²) in [6.07, 6.45) is 12.8. The van der Waals surface area contributed by atoms with Gasteiger partial charge in [-0.25, -0.2) is 9.13 Å². The molecular formula is C19H35N2O2+. The van der Waals surface area contributed by atoms with Crippen molar-refractivity contribution in [3.05, 3.63) is 18.7 Å². The lowest BCUT2D eigenvalue weighted by Gasteiger charge is -2.36. The molecule has 2 rings (SSSR count). The molecule has 0 spiro atoms. The van der Waals surface area contributed by atoms with E-state index in [2.05, 4.69) is 55.6 Å². The highest BCUT2D eigenvalue weighted by Crippen LogP contribution is 2.35. The predicted molar refractivity (Wildman–Crippen MR) is 91.7 cm³/mol. The number of imidazole rings is 1. The fourth-order valence-corrected chi connectivity index (χ4v) is 3.50. The van der Waals surface area contributed by atoms with Crippen LogP contribution >= 0.6 is 0 Å². The average Bonchev–Trinajstić information content (AvgIpc) is 2.97. The van der Waals surface area contributed by atoms with Crippen molar-refractivity contribution >= 4 is 0 Å². The SMILES string of the molecule is CCCCOC[n+]1ccn(CO[C@@H]2C[C@H](C)CC[C@H]2C(C)C)c1. The summed E-state index contributed by atoms with van der Waals surface area (Å²) in [5.41, 5.74) is 0. The molecule has 1 aromatic heterocycles. The van der Waals surface area contributed by atoms with E-state index in [1.54, 1.807) is 0 Å². The fraction of sp³-hybridized carbons (Fsp3) is 0.842. The summed E-state index contributed by atoms with van der Waals surface area (Å²) in [5.74, 6) is 2.19. The largest absolute Gasteiger partial charge is 0.342 e. The van der Waals surface area contributed by atoms with Crippen molar-refractivity contribution in [1.82, 2.24) is 4.57 Å². The van der Waals surface area contributed by atoms with Crippen molar-refractivity contribution in [2.24, 2.45) is 17.8 Å². The van der Waals surface area contributed by atoms with Gasteiger partial charge in [0.1, 0.15) is 12.4 Å². The van der Waals surface area contributed by atoms with E-state index in [1.165, 1.54) is 25.7 Å². The van der Waals surface area contributed by atoms with Gasteiger partial charge in [0.15, 0.2) is 13.5 Å². The van der Waals surface area contributed by atoms with Crippen LogP contribution < -0.4 is 4.57 Å². The third-order valence-corrected chi connectivity index (χ3v) is 5.03. The first-order valence-corrected chi connectivity index (χ1v) is 9.34. The second kappa shape index (κ2) is 9.43. The smallest absolute Gasteiger partial charge is 0.247 e. The summed E-state index contributed by atoms with van der Waals surface area (Å²) < 4.78 is 16.1. The van der Waals surface area contributed by atoms with E-state index < -0.39 is 0 Å². The van der Waals surface area contributed by atoms with E-state index in [4.69, 9.17) is 9.47 Å². The topological polar surface area (TPSA) is 27.3 Å². The normalized spacial score (nSPS) is 25.2. The van der Waals surface area contributed by atoms with E-state index in [1.807, 2.05) is 0 Å². The summed E-state index contributed by atoms with van der Waals surface area (Å²) in [6, 6.07) is 0. The monoisotopic (exact) mass is 323 g/mol. The molecule has 3 atom stereocenters. The summed E-state index contributed by atoms with van der Waals surface area (Å²) >= 11 is 0. The molecule has 23 heavy (non-hydrogen) atoms. The molecule has 0 aliphatic heterocycles. The number of ether oxygens (including phenoxy) is 2. The first kappa shape index (κ1) is 18.5. The molecule has 1 aromatic rings. The number of unbranched alkanes of at least 4 members (excludes halogenated alkanes) is 1. The van der Waals surface area contributed by atoms with Crippen LogP contribution in [0.2, 0.25) is 0 Å². The minimum Gasteiger partial charge on any atom is -0.342 e. The number of rotatable bonds is 9. The molecule has 0 aromatic carbocycles. The van der Waals surface area contributed by atoms with Crippen LogP contribution in [0, 0.1) is 17.8 Å². The molecular weight excluding hydrogens is 288 g/mol. The maximum absolute atomic E-state index is 6.28. The Morgan fingerprint density at radius 1 is 1.30 bits per heavy atom.